The smallest absolute Gasteiger partial charge is 0.346 e. The number of halogens is 2. The van der Waals surface area contributed by atoms with Gasteiger partial charge in [0.1, 0.15) is 11.9 Å². The average Bonchev–Trinajstić information content (AvgIpc) is 2.57. The van der Waals surface area contributed by atoms with E-state index in [9.17, 15) is 4.79 Å². The fraction of sp³-hybridized carbons (Fsp3) is 0.385. The lowest BCUT2D eigenvalue weighted by Gasteiger charge is -2.26. The van der Waals surface area contributed by atoms with Gasteiger partial charge in [-0.25, -0.2) is 4.79 Å². The largest absolute Gasteiger partial charge is 0.385 e. The number of amides is 2. The normalized spacial score (nSPS) is 19.2. The molecule has 2 amide bonds. The summed E-state index contributed by atoms with van der Waals surface area (Å²) in [5.74, 6) is 0.669. The lowest BCUT2D eigenvalue weighted by molar-refractivity contribution is 0.199. The first kappa shape index (κ1) is 14.3. The molecule has 1 aliphatic heterocycles. The standard InChI is InChI=1S/C13H15BrClN3O/c1-7(2)6-18-11(12(16)17-13(18)19)8-3-4-9(14)10(15)5-8/h3-5,7,11H,6H2,1-2H3,(H2,16,17,19). The van der Waals surface area contributed by atoms with E-state index in [-0.39, 0.29) is 12.1 Å². The van der Waals surface area contributed by atoms with Crippen LogP contribution in [0.4, 0.5) is 4.79 Å². The van der Waals surface area contributed by atoms with Crippen LogP contribution in [0, 0.1) is 5.92 Å². The predicted octanol–water partition coefficient (Wildman–Crippen LogP) is 3.59. The number of aliphatic imine (C=N–C) groups is 1. The van der Waals surface area contributed by atoms with E-state index < -0.39 is 0 Å². The number of urea groups is 1. The highest BCUT2D eigenvalue weighted by atomic mass is 79.9. The first-order chi connectivity index (χ1) is 8.90. The molecule has 0 fully saturated rings. The lowest BCUT2D eigenvalue weighted by Crippen LogP contribution is -2.35. The van der Waals surface area contributed by atoms with Crippen molar-refractivity contribution in [2.45, 2.75) is 19.9 Å². The summed E-state index contributed by atoms with van der Waals surface area (Å²) < 4.78 is 0.813. The van der Waals surface area contributed by atoms with Gasteiger partial charge in [0.05, 0.1) is 5.02 Å². The van der Waals surface area contributed by atoms with Gasteiger partial charge in [0.15, 0.2) is 0 Å². The Balaban J connectivity index is 2.36. The Hall–Kier alpha value is -1.07. The van der Waals surface area contributed by atoms with Crippen LogP contribution in [0.15, 0.2) is 27.7 Å². The zero-order valence-electron chi connectivity index (χ0n) is 10.7. The third kappa shape index (κ3) is 2.92. The van der Waals surface area contributed by atoms with Crippen LogP contribution in [0.3, 0.4) is 0 Å². The van der Waals surface area contributed by atoms with E-state index in [1.165, 1.54) is 0 Å². The third-order valence-electron chi connectivity index (χ3n) is 2.88. The molecule has 1 atom stereocenters. The van der Waals surface area contributed by atoms with E-state index in [0.29, 0.717) is 23.3 Å². The number of nitrogens with zero attached hydrogens (tertiary/aromatic N) is 2. The molecule has 1 aliphatic rings. The van der Waals surface area contributed by atoms with E-state index in [4.69, 9.17) is 17.3 Å². The van der Waals surface area contributed by atoms with Gasteiger partial charge in [-0.2, -0.15) is 4.99 Å². The molecular weight excluding hydrogens is 330 g/mol. The van der Waals surface area contributed by atoms with Crippen LogP contribution in [-0.4, -0.2) is 23.3 Å². The van der Waals surface area contributed by atoms with Crippen molar-refractivity contribution < 1.29 is 4.79 Å². The summed E-state index contributed by atoms with van der Waals surface area (Å²) in [7, 11) is 0. The molecule has 4 nitrogen and oxygen atoms in total. The summed E-state index contributed by atoms with van der Waals surface area (Å²) in [6.45, 7) is 4.71. The molecule has 0 saturated heterocycles. The minimum absolute atomic E-state index is 0.282. The Morgan fingerprint density at radius 1 is 1.53 bits per heavy atom. The quantitative estimate of drug-likeness (QED) is 0.911. The molecule has 0 saturated carbocycles. The van der Waals surface area contributed by atoms with Crippen molar-refractivity contribution in [3.63, 3.8) is 0 Å². The second-order valence-electron chi connectivity index (χ2n) is 4.94. The summed E-state index contributed by atoms with van der Waals surface area (Å²) in [6.07, 6.45) is 0. The van der Waals surface area contributed by atoms with Gasteiger partial charge in [0, 0.05) is 11.0 Å². The van der Waals surface area contributed by atoms with Gasteiger partial charge in [-0.1, -0.05) is 31.5 Å². The van der Waals surface area contributed by atoms with Crippen LogP contribution in [0.2, 0.25) is 5.02 Å². The second kappa shape index (κ2) is 5.51. The van der Waals surface area contributed by atoms with E-state index in [1.807, 2.05) is 32.0 Å². The number of benzene rings is 1. The molecule has 1 heterocycles. The van der Waals surface area contributed by atoms with Crippen LogP contribution in [-0.2, 0) is 0 Å². The fourth-order valence-electron chi connectivity index (χ4n) is 2.12. The van der Waals surface area contributed by atoms with Crippen LogP contribution < -0.4 is 5.73 Å². The van der Waals surface area contributed by atoms with Crippen molar-refractivity contribution in [3.8, 4) is 0 Å². The molecule has 0 bridgehead atoms. The highest BCUT2D eigenvalue weighted by Crippen LogP contribution is 2.32. The molecule has 1 unspecified atom stereocenters. The van der Waals surface area contributed by atoms with Gasteiger partial charge >= 0.3 is 6.03 Å². The molecule has 2 rings (SSSR count). The SMILES string of the molecule is CC(C)CN1C(=O)N=C(N)C1c1ccc(Br)c(Cl)c1. The number of nitrogens with two attached hydrogens (primary N) is 1. The minimum Gasteiger partial charge on any atom is -0.385 e. The number of hydrogen-bond acceptors (Lipinski definition) is 2. The molecule has 1 aromatic rings. The highest BCUT2D eigenvalue weighted by Gasteiger charge is 2.34. The highest BCUT2D eigenvalue weighted by molar-refractivity contribution is 9.10. The van der Waals surface area contributed by atoms with Gasteiger partial charge in [0.2, 0.25) is 0 Å². The van der Waals surface area contributed by atoms with Gasteiger partial charge < -0.3 is 10.6 Å². The number of carbonyl (C=O) groups is 1. The van der Waals surface area contributed by atoms with Gasteiger partial charge in [-0.05, 0) is 39.5 Å². The first-order valence-corrected chi connectivity index (χ1v) is 7.17. The maximum atomic E-state index is 11.9. The number of amidine groups is 1. The predicted molar refractivity (Wildman–Crippen MR) is 80.5 cm³/mol. The minimum atomic E-state index is -0.319. The van der Waals surface area contributed by atoms with E-state index in [2.05, 4.69) is 20.9 Å². The summed E-state index contributed by atoms with van der Waals surface area (Å²) in [4.78, 5) is 17.4. The molecule has 0 aromatic heterocycles. The Bertz CT molecular complexity index is 545. The monoisotopic (exact) mass is 343 g/mol. The zero-order chi connectivity index (χ0) is 14.2. The fourth-order valence-corrected chi connectivity index (χ4v) is 2.55. The maximum Gasteiger partial charge on any atom is 0.346 e. The molecule has 0 spiro atoms. The number of hydrogen-bond donors (Lipinski definition) is 1. The summed E-state index contributed by atoms with van der Waals surface area (Å²) in [6, 6.07) is 4.96. The van der Waals surface area contributed by atoms with Crippen LogP contribution >= 0.6 is 27.5 Å². The van der Waals surface area contributed by atoms with Crippen molar-refractivity contribution in [2.24, 2.45) is 16.6 Å². The van der Waals surface area contributed by atoms with Crippen molar-refractivity contribution in [1.82, 2.24) is 4.90 Å². The average molecular weight is 345 g/mol. The molecular formula is C13H15BrClN3O. The second-order valence-corrected chi connectivity index (χ2v) is 6.20. The Labute approximate surface area is 125 Å². The van der Waals surface area contributed by atoms with Gasteiger partial charge in [-0.3, -0.25) is 0 Å². The van der Waals surface area contributed by atoms with Crippen LogP contribution in [0.5, 0.6) is 0 Å². The van der Waals surface area contributed by atoms with E-state index in [1.54, 1.807) is 4.90 Å². The summed E-state index contributed by atoms with van der Waals surface area (Å²) in [5.41, 5.74) is 6.76. The topological polar surface area (TPSA) is 58.7 Å². The number of rotatable bonds is 3. The van der Waals surface area contributed by atoms with E-state index in [0.717, 1.165) is 10.0 Å². The van der Waals surface area contributed by atoms with Gasteiger partial charge in [0.25, 0.3) is 0 Å². The lowest BCUT2D eigenvalue weighted by atomic mass is 10.0. The Morgan fingerprint density at radius 2 is 2.21 bits per heavy atom. The maximum absolute atomic E-state index is 11.9. The molecule has 19 heavy (non-hydrogen) atoms. The molecule has 6 heteroatoms. The molecule has 102 valence electrons. The van der Waals surface area contributed by atoms with Crippen LogP contribution in [0.25, 0.3) is 0 Å². The third-order valence-corrected chi connectivity index (χ3v) is 4.12. The van der Waals surface area contributed by atoms with Gasteiger partial charge in [-0.15, -0.1) is 0 Å². The first-order valence-electron chi connectivity index (χ1n) is 5.99. The molecule has 0 radical (unpaired) electrons. The molecule has 1 aromatic carbocycles. The Morgan fingerprint density at radius 3 is 2.79 bits per heavy atom. The van der Waals surface area contributed by atoms with Crippen molar-refractivity contribution in [3.05, 3.63) is 33.3 Å². The van der Waals surface area contributed by atoms with Crippen LogP contribution in [0.1, 0.15) is 25.5 Å². The summed E-state index contributed by atoms with van der Waals surface area (Å²) >= 11 is 9.45. The number of carbonyl (C=O) groups excluding carboxylic acids is 1. The summed E-state index contributed by atoms with van der Waals surface area (Å²) in [5, 5.41) is 0.592. The van der Waals surface area contributed by atoms with Crippen molar-refractivity contribution >= 4 is 39.4 Å². The molecule has 2 N–H and O–H groups in total. The molecule has 0 aliphatic carbocycles. The van der Waals surface area contributed by atoms with E-state index >= 15 is 0 Å². The zero-order valence-corrected chi connectivity index (χ0v) is 13.1. The van der Waals surface area contributed by atoms with Crippen molar-refractivity contribution in [1.29, 1.82) is 0 Å². The Kier molecular flexibility index (Phi) is 4.16. The van der Waals surface area contributed by atoms with Crippen molar-refractivity contribution in [2.75, 3.05) is 6.54 Å².